The van der Waals surface area contributed by atoms with Gasteiger partial charge in [0.05, 0.1) is 5.54 Å². The zero-order valence-electron chi connectivity index (χ0n) is 10.7. The second-order valence-corrected chi connectivity index (χ2v) is 5.92. The molecule has 0 aromatic rings. The highest BCUT2D eigenvalue weighted by molar-refractivity contribution is 5.62. The summed E-state index contributed by atoms with van der Waals surface area (Å²) in [6.07, 6.45) is 1.06. The van der Waals surface area contributed by atoms with E-state index >= 15 is 0 Å². The third-order valence-electron chi connectivity index (χ3n) is 3.33. The molecule has 1 heterocycles. The zero-order valence-corrected chi connectivity index (χ0v) is 10.7. The lowest BCUT2D eigenvalue weighted by Gasteiger charge is -2.45. The molecule has 1 aliphatic heterocycles. The Kier molecular flexibility index (Phi) is 3.56. The third kappa shape index (κ3) is 3.02. The molecule has 0 radical (unpaired) electrons. The summed E-state index contributed by atoms with van der Waals surface area (Å²) in [5, 5.41) is 0. The van der Waals surface area contributed by atoms with E-state index in [2.05, 4.69) is 30.6 Å². The van der Waals surface area contributed by atoms with Crippen LogP contribution in [-0.2, 0) is 4.79 Å². The first-order valence-electron chi connectivity index (χ1n) is 5.74. The van der Waals surface area contributed by atoms with E-state index in [9.17, 15) is 4.79 Å². The Morgan fingerprint density at radius 1 is 0.867 bits per heavy atom. The molecule has 3 heteroatoms. The van der Waals surface area contributed by atoms with Crippen LogP contribution in [0.15, 0.2) is 0 Å². The molecule has 0 unspecified atom stereocenters. The average molecular weight is 212 g/mol. The van der Waals surface area contributed by atoms with Gasteiger partial charge in [0, 0.05) is 31.7 Å². The minimum Gasteiger partial charge on any atom is -0.301 e. The highest BCUT2D eigenvalue weighted by atomic mass is 16.1. The molecule has 88 valence electrons. The number of piperazine rings is 1. The number of rotatable bonds is 2. The summed E-state index contributed by atoms with van der Waals surface area (Å²) >= 11 is 0. The molecular formula is C12H24N2O. The van der Waals surface area contributed by atoms with Crippen molar-refractivity contribution >= 4 is 6.29 Å². The predicted octanol–water partition coefficient (Wildman–Crippen LogP) is 1.38. The highest BCUT2D eigenvalue weighted by Gasteiger charge is 2.32. The highest BCUT2D eigenvalue weighted by Crippen LogP contribution is 2.19. The summed E-state index contributed by atoms with van der Waals surface area (Å²) in [4.78, 5) is 15.7. The van der Waals surface area contributed by atoms with E-state index < -0.39 is 0 Å². The molecule has 0 bridgehead atoms. The second kappa shape index (κ2) is 4.22. The van der Waals surface area contributed by atoms with Crippen LogP contribution in [0.3, 0.4) is 0 Å². The van der Waals surface area contributed by atoms with E-state index in [4.69, 9.17) is 0 Å². The minimum atomic E-state index is -0.302. The van der Waals surface area contributed by atoms with E-state index in [1.165, 1.54) is 0 Å². The van der Waals surface area contributed by atoms with Crippen molar-refractivity contribution in [3.05, 3.63) is 0 Å². The molecule has 0 N–H and O–H groups in total. The molecule has 0 aliphatic carbocycles. The molecule has 3 nitrogen and oxygen atoms in total. The van der Waals surface area contributed by atoms with Crippen LogP contribution >= 0.6 is 0 Å². The van der Waals surface area contributed by atoms with Gasteiger partial charge in [0.2, 0.25) is 0 Å². The third-order valence-corrected chi connectivity index (χ3v) is 3.33. The lowest BCUT2D eigenvalue weighted by Crippen LogP contribution is -2.58. The van der Waals surface area contributed by atoms with Gasteiger partial charge in [-0.15, -0.1) is 0 Å². The monoisotopic (exact) mass is 212 g/mol. The fourth-order valence-corrected chi connectivity index (χ4v) is 2.03. The topological polar surface area (TPSA) is 23.6 Å². The summed E-state index contributed by atoms with van der Waals surface area (Å²) in [6, 6.07) is 0. The molecule has 0 atom stereocenters. The van der Waals surface area contributed by atoms with Gasteiger partial charge in [-0.25, -0.2) is 0 Å². The van der Waals surface area contributed by atoms with Gasteiger partial charge in [-0.05, 0) is 34.6 Å². The lowest BCUT2D eigenvalue weighted by molar-refractivity contribution is -0.118. The van der Waals surface area contributed by atoms with Crippen molar-refractivity contribution in [3.63, 3.8) is 0 Å². The zero-order chi connectivity index (χ0) is 11.7. The van der Waals surface area contributed by atoms with E-state index in [-0.39, 0.29) is 11.1 Å². The molecule has 1 aliphatic rings. The molecular weight excluding hydrogens is 188 g/mol. The second-order valence-electron chi connectivity index (χ2n) is 5.92. The summed E-state index contributed by atoms with van der Waals surface area (Å²) in [7, 11) is 0. The normalized spacial score (nSPS) is 21.7. The van der Waals surface area contributed by atoms with E-state index in [1.54, 1.807) is 0 Å². The minimum absolute atomic E-state index is 0.247. The maximum atomic E-state index is 10.9. The number of carbonyl (C=O) groups excluding carboxylic acids is 1. The van der Waals surface area contributed by atoms with Crippen LogP contribution in [0.25, 0.3) is 0 Å². The summed E-state index contributed by atoms with van der Waals surface area (Å²) in [5.74, 6) is 0. The summed E-state index contributed by atoms with van der Waals surface area (Å²) in [5.41, 5.74) is -0.0542. The largest absolute Gasteiger partial charge is 0.301 e. The van der Waals surface area contributed by atoms with Gasteiger partial charge in [0.25, 0.3) is 0 Å². The standard InChI is InChI=1S/C12H24N2O/c1-11(2,3)13-6-8-14(9-7-13)12(4,5)10-15/h10H,6-9H2,1-5H3. The van der Waals surface area contributed by atoms with Crippen molar-refractivity contribution in [3.8, 4) is 0 Å². The Bertz CT molecular complexity index is 222. The van der Waals surface area contributed by atoms with Crippen LogP contribution in [0.4, 0.5) is 0 Å². The molecule has 0 aromatic carbocycles. The molecule has 15 heavy (non-hydrogen) atoms. The van der Waals surface area contributed by atoms with Gasteiger partial charge in [-0.2, -0.15) is 0 Å². The molecule has 1 saturated heterocycles. The molecule has 1 fully saturated rings. The van der Waals surface area contributed by atoms with Crippen LogP contribution in [0.2, 0.25) is 0 Å². The van der Waals surface area contributed by atoms with Crippen molar-refractivity contribution in [2.75, 3.05) is 26.2 Å². The number of hydrogen-bond acceptors (Lipinski definition) is 3. The van der Waals surface area contributed by atoms with Gasteiger partial charge in [-0.1, -0.05) is 0 Å². The van der Waals surface area contributed by atoms with Crippen molar-refractivity contribution in [1.82, 2.24) is 9.80 Å². The Morgan fingerprint density at radius 3 is 1.60 bits per heavy atom. The van der Waals surface area contributed by atoms with Crippen LogP contribution < -0.4 is 0 Å². The van der Waals surface area contributed by atoms with E-state index in [0.717, 1.165) is 32.5 Å². The Hall–Kier alpha value is -0.410. The van der Waals surface area contributed by atoms with Crippen molar-refractivity contribution in [1.29, 1.82) is 0 Å². The first-order chi connectivity index (χ1) is 6.77. The van der Waals surface area contributed by atoms with Crippen LogP contribution in [-0.4, -0.2) is 53.3 Å². The number of nitrogens with zero attached hydrogens (tertiary/aromatic N) is 2. The van der Waals surface area contributed by atoms with Crippen LogP contribution in [0, 0.1) is 0 Å². The van der Waals surface area contributed by atoms with Crippen molar-refractivity contribution < 1.29 is 4.79 Å². The van der Waals surface area contributed by atoms with Crippen molar-refractivity contribution in [2.24, 2.45) is 0 Å². The smallest absolute Gasteiger partial charge is 0.139 e. The molecule has 0 saturated carbocycles. The van der Waals surface area contributed by atoms with Crippen molar-refractivity contribution in [2.45, 2.75) is 45.7 Å². The van der Waals surface area contributed by atoms with E-state index in [1.807, 2.05) is 13.8 Å². The Labute approximate surface area is 93.4 Å². The average Bonchev–Trinajstić information content (AvgIpc) is 2.17. The number of carbonyl (C=O) groups is 1. The fourth-order valence-electron chi connectivity index (χ4n) is 2.03. The lowest BCUT2D eigenvalue weighted by atomic mass is 10.0. The van der Waals surface area contributed by atoms with Crippen LogP contribution in [0.1, 0.15) is 34.6 Å². The predicted molar refractivity (Wildman–Crippen MR) is 63.0 cm³/mol. The fraction of sp³-hybridized carbons (Fsp3) is 0.917. The first kappa shape index (κ1) is 12.7. The number of hydrogen-bond donors (Lipinski definition) is 0. The molecule has 1 rings (SSSR count). The quantitative estimate of drug-likeness (QED) is 0.646. The Morgan fingerprint density at radius 2 is 1.27 bits per heavy atom. The maximum Gasteiger partial charge on any atom is 0.139 e. The maximum absolute atomic E-state index is 10.9. The first-order valence-corrected chi connectivity index (χ1v) is 5.74. The SMILES string of the molecule is CC(C)(C)N1CCN(C(C)(C)C=O)CC1. The van der Waals surface area contributed by atoms with Gasteiger partial charge in [0.15, 0.2) is 0 Å². The Balaban J connectivity index is 2.53. The molecule has 0 aromatic heterocycles. The van der Waals surface area contributed by atoms with Gasteiger partial charge in [-0.3, -0.25) is 9.80 Å². The van der Waals surface area contributed by atoms with Gasteiger partial charge in [0.1, 0.15) is 6.29 Å². The molecule has 0 spiro atoms. The summed E-state index contributed by atoms with van der Waals surface area (Å²) < 4.78 is 0. The van der Waals surface area contributed by atoms with Gasteiger partial charge < -0.3 is 4.79 Å². The van der Waals surface area contributed by atoms with Crippen LogP contribution in [0.5, 0.6) is 0 Å². The van der Waals surface area contributed by atoms with E-state index in [0.29, 0.717) is 0 Å². The van der Waals surface area contributed by atoms with Gasteiger partial charge >= 0.3 is 0 Å². The number of aldehydes is 1. The summed E-state index contributed by atoms with van der Waals surface area (Å²) in [6.45, 7) is 14.8. The molecule has 0 amide bonds.